The number of rotatable bonds is 5. The van der Waals surface area contributed by atoms with Crippen LogP contribution in [0.5, 0.6) is 0 Å². The molecule has 146 valence electrons. The van der Waals surface area contributed by atoms with Gasteiger partial charge < -0.3 is 10.0 Å². The summed E-state index contributed by atoms with van der Waals surface area (Å²) in [6.45, 7) is 16.7. The molecule has 4 nitrogen and oxygen atoms in total. The summed E-state index contributed by atoms with van der Waals surface area (Å²) in [6, 6.07) is 4.84. The third-order valence-corrected chi connectivity index (χ3v) is 3.54. The standard InChI is InChI=1S/C17H22FN3O.2C2H6/c1-6-21-15(10-20(4)5)16(12(3)22)17(19-21)13-7-8-14(18)11(2)9-13;2*1-2/h7-9,22H,3,6,10H2,1-2,4-5H3;2*1-2H3. The zero-order valence-corrected chi connectivity index (χ0v) is 17.5. The molecule has 1 aromatic heterocycles. The van der Waals surface area contributed by atoms with Crippen molar-refractivity contribution in [1.82, 2.24) is 14.7 Å². The molecule has 26 heavy (non-hydrogen) atoms. The Morgan fingerprint density at radius 1 is 1.23 bits per heavy atom. The van der Waals surface area contributed by atoms with Gasteiger partial charge in [-0.2, -0.15) is 5.10 Å². The van der Waals surface area contributed by atoms with Gasteiger partial charge in [-0.3, -0.25) is 4.68 Å². The van der Waals surface area contributed by atoms with Crippen LogP contribution in [0.15, 0.2) is 24.8 Å². The van der Waals surface area contributed by atoms with E-state index in [1.165, 1.54) is 6.07 Å². The van der Waals surface area contributed by atoms with Crippen LogP contribution in [0.25, 0.3) is 17.0 Å². The van der Waals surface area contributed by atoms with E-state index in [-0.39, 0.29) is 11.6 Å². The van der Waals surface area contributed by atoms with Crippen molar-refractivity contribution in [3.8, 4) is 11.3 Å². The van der Waals surface area contributed by atoms with Crippen LogP contribution in [0.4, 0.5) is 4.39 Å². The second kappa shape index (κ2) is 11.5. The predicted molar refractivity (Wildman–Crippen MR) is 110 cm³/mol. The van der Waals surface area contributed by atoms with Crippen molar-refractivity contribution in [2.75, 3.05) is 14.1 Å². The highest BCUT2D eigenvalue weighted by atomic mass is 19.1. The number of hydrogen-bond donors (Lipinski definition) is 1. The van der Waals surface area contributed by atoms with Gasteiger partial charge in [0.05, 0.1) is 11.3 Å². The van der Waals surface area contributed by atoms with Crippen LogP contribution >= 0.6 is 0 Å². The maximum Gasteiger partial charge on any atom is 0.126 e. The summed E-state index contributed by atoms with van der Waals surface area (Å²) in [5, 5.41) is 14.6. The number of benzene rings is 1. The minimum atomic E-state index is -0.253. The summed E-state index contributed by atoms with van der Waals surface area (Å²) in [5.74, 6) is -0.273. The van der Waals surface area contributed by atoms with Crippen LogP contribution in [0.1, 0.15) is 51.4 Å². The maximum absolute atomic E-state index is 13.5. The Bertz CT molecular complexity index is 706. The lowest BCUT2D eigenvalue weighted by Crippen LogP contribution is -2.16. The van der Waals surface area contributed by atoms with E-state index < -0.39 is 0 Å². The second-order valence-electron chi connectivity index (χ2n) is 5.63. The molecule has 0 unspecified atom stereocenters. The van der Waals surface area contributed by atoms with Gasteiger partial charge in [0, 0.05) is 18.7 Å². The molecule has 0 saturated heterocycles. The van der Waals surface area contributed by atoms with Crippen LogP contribution in [-0.2, 0) is 13.1 Å². The second-order valence-corrected chi connectivity index (χ2v) is 5.63. The maximum atomic E-state index is 13.5. The zero-order chi connectivity index (χ0) is 20.4. The highest BCUT2D eigenvalue weighted by Crippen LogP contribution is 2.31. The number of halogens is 1. The van der Waals surface area contributed by atoms with Crippen molar-refractivity contribution in [3.63, 3.8) is 0 Å². The normalized spacial score (nSPS) is 9.92. The molecule has 0 aliphatic heterocycles. The van der Waals surface area contributed by atoms with E-state index in [2.05, 4.69) is 11.7 Å². The number of aromatic nitrogens is 2. The lowest BCUT2D eigenvalue weighted by Gasteiger charge is -2.13. The molecule has 0 radical (unpaired) electrons. The van der Waals surface area contributed by atoms with Gasteiger partial charge in [0.15, 0.2) is 0 Å². The highest BCUT2D eigenvalue weighted by Gasteiger charge is 2.21. The fraction of sp³-hybridized carbons (Fsp3) is 0.476. The molecule has 0 aliphatic rings. The molecule has 1 heterocycles. The SMILES string of the molecule is C=C(O)c1c(-c2ccc(F)c(C)c2)nn(CC)c1CN(C)C.CC.CC. The summed E-state index contributed by atoms with van der Waals surface area (Å²) < 4.78 is 15.3. The molecule has 0 amide bonds. The first kappa shape index (κ1) is 23.9. The molecule has 0 bridgehead atoms. The molecule has 5 heteroatoms. The largest absolute Gasteiger partial charge is 0.508 e. The Morgan fingerprint density at radius 2 is 1.81 bits per heavy atom. The third kappa shape index (κ3) is 5.70. The van der Waals surface area contributed by atoms with Gasteiger partial charge in [-0.05, 0) is 51.7 Å². The van der Waals surface area contributed by atoms with E-state index in [0.717, 1.165) is 11.3 Å². The predicted octanol–water partition coefficient (Wildman–Crippen LogP) is 5.66. The zero-order valence-electron chi connectivity index (χ0n) is 17.5. The van der Waals surface area contributed by atoms with Crippen molar-refractivity contribution in [2.24, 2.45) is 0 Å². The Labute approximate surface area is 158 Å². The number of nitrogens with zero attached hydrogens (tertiary/aromatic N) is 3. The van der Waals surface area contributed by atoms with Crippen LogP contribution in [0.3, 0.4) is 0 Å². The fourth-order valence-electron chi connectivity index (χ4n) is 2.52. The molecule has 0 saturated carbocycles. The molecule has 2 rings (SSSR count). The lowest BCUT2D eigenvalue weighted by atomic mass is 10.0. The van der Waals surface area contributed by atoms with E-state index in [1.807, 2.05) is 58.3 Å². The summed E-state index contributed by atoms with van der Waals surface area (Å²) in [6.07, 6.45) is 0. The first-order valence-corrected chi connectivity index (χ1v) is 9.24. The molecule has 2 aromatic rings. The van der Waals surface area contributed by atoms with Gasteiger partial charge in [-0.1, -0.05) is 34.3 Å². The lowest BCUT2D eigenvalue weighted by molar-refractivity contribution is 0.381. The third-order valence-electron chi connectivity index (χ3n) is 3.54. The minimum absolute atomic E-state index is 0.0199. The van der Waals surface area contributed by atoms with Crippen LogP contribution in [0, 0.1) is 12.7 Å². The molecule has 1 N–H and O–H groups in total. The summed E-state index contributed by atoms with van der Waals surface area (Å²) in [7, 11) is 3.91. The van der Waals surface area contributed by atoms with Gasteiger partial charge in [-0.15, -0.1) is 0 Å². The van der Waals surface area contributed by atoms with Crippen LogP contribution in [-0.4, -0.2) is 33.9 Å². The summed E-state index contributed by atoms with van der Waals surface area (Å²) in [5.41, 5.74) is 3.48. The van der Waals surface area contributed by atoms with Crippen LogP contribution in [0.2, 0.25) is 0 Å². The van der Waals surface area contributed by atoms with Crippen molar-refractivity contribution < 1.29 is 9.50 Å². The molecule has 0 fully saturated rings. The van der Waals surface area contributed by atoms with E-state index in [1.54, 1.807) is 19.1 Å². The van der Waals surface area contributed by atoms with Crippen molar-refractivity contribution in [2.45, 2.75) is 54.6 Å². The Balaban J connectivity index is 0.00000146. The Kier molecular flexibility index (Phi) is 10.5. The average Bonchev–Trinajstić information content (AvgIpc) is 2.98. The minimum Gasteiger partial charge on any atom is -0.508 e. The van der Waals surface area contributed by atoms with E-state index >= 15 is 0 Å². The van der Waals surface area contributed by atoms with Gasteiger partial charge >= 0.3 is 0 Å². The molecular formula is C21H34FN3O. The van der Waals surface area contributed by atoms with Gasteiger partial charge in [0.25, 0.3) is 0 Å². The van der Waals surface area contributed by atoms with Gasteiger partial charge in [0.1, 0.15) is 17.3 Å². The number of aliphatic hydroxyl groups is 1. The summed E-state index contributed by atoms with van der Waals surface area (Å²) >= 11 is 0. The van der Waals surface area contributed by atoms with Gasteiger partial charge in [0.2, 0.25) is 0 Å². The van der Waals surface area contributed by atoms with Gasteiger partial charge in [-0.25, -0.2) is 4.39 Å². The monoisotopic (exact) mass is 363 g/mol. The van der Waals surface area contributed by atoms with E-state index in [4.69, 9.17) is 0 Å². The quantitative estimate of drug-likeness (QED) is 0.697. The molecule has 1 aromatic carbocycles. The van der Waals surface area contributed by atoms with E-state index in [0.29, 0.717) is 29.9 Å². The molecule has 0 aliphatic carbocycles. The Morgan fingerprint density at radius 3 is 2.23 bits per heavy atom. The van der Waals surface area contributed by atoms with Crippen molar-refractivity contribution in [1.29, 1.82) is 0 Å². The fourth-order valence-corrected chi connectivity index (χ4v) is 2.52. The van der Waals surface area contributed by atoms with Crippen LogP contribution < -0.4 is 0 Å². The molecule has 0 atom stereocenters. The highest BCUT2D eigenvalue weighted by molar-refractivity contribution is 5.76. The smallest absolute Gasteiger partial charge is 0.126 e. The summed E-state index contributed by atoms with van der Waals surface area (Å²) in [4.78, 5) is 2.01. The Hall–Kier alpha value is -2.14. The first-order chi connectivity index (χ1) is 12.3. The van der Waals surface area contributed by atoms with Crippen molar-refractivity contribution in [3.05, 3.63) is 47.4 Å². The average molecular weight is 364 g/mol. The number of aryl methyl sites for hydroxylation is 2. The molecule has 0 spiro atoms. The van der Waals surface area contributed by atoms with Crippen molar-refractivity contribution >= 4 is 5.76 Å². The topological polar surface area (TPSA) is 41.3 Å². The number of hydrogen-bond acceptors (Lipinski definition) is 3. The van der Waals surface area contributed by atoms with E-state index in [9.17, 15) is 9.50 Å². The first-order valence-electron chi connectivity index (χ1n) is 9.24. The number of aliphatic hydroxyl groups excluding tert-OH is 1. The molecular weight excluding hydrogens is 329 g/mol.